The molecule has 0 radical (unpaired) electrons. The monoisotopic (exact) mass is 358 g/mol. The van der Waals surface area contributed by atoms with Crippen LogP contribution in [0, 0.1) is 0 Å². The zero-order valence-electron chi connectivity index (χ0n) is 17.6. The zero-order chi connectivity index (χ0) is 19.6. The molecule has 0 bridgehead atoms. The van der Waals surface area contributed by atoms with Crippen molar-refractivity contribution in [2.45, 2.75) is 65.4 Å². The van der Waals surface area contributed by atoms with Crippen molar-refractivity contribution >= 4 is 10.8 Å². The third-order valence-corrected chi connectivity index (χ3v) is 5.84. The number of fused-ring (bicyclic) bond motifs is 5. The van der Waals surface area contributed by atoms with Crippen molar-refractivity contribution in [3.8, 4) is 16.9 Å². The highest BCUT2D eigenvalue weighted by molar-refractivity contribution is 5.97. The minimum Gasteiger partial charge on any atom is -0.482 e. The predicted molar refractivity (Wildman–Crippen MR) is 116 cm³/mol. The van der Waals surface area contributed by atoms with Gasteiger partial charge < -0.3 is 4.74 Å². The first-order chi connectivity index (χ1) is 12.6. The number of ether oxygens (including phenoxy) is 1. The molecule has 1 heterocycles. The van der Waals surface area contributed by atoms with Crippen LogP contribution in [0.15, 0.2) is 48.5 Å². The average molecular weight is 359 g/mol. The molecule has 0 amide bonds. The van der Waals surface area contributed by atoms with E-state index >= 15 is 0 Å². The maximum absolute atomic E-state index is 6.63. The molecule has 0 unspecified atom stereocenters. The zero-order valence-corrected chi connectivity index (χ0v) is 17.6. The summed E-state index contributed by atoms with van der Waals surface area (Å²) in [6.45, 7) is 15.6. The molecule has 0 aliphatic carbocycles. The second-order valence-electron chi connectivity index (χ2n) is 9.70. The van der Waals surface area contributed by atoms with E-state index in [9.17, 15) is 0 Å². The van der Waals surface area contributed by atoms with E-state index in [1.165, 1.54) is 38.6 Å². The Hall–Kier alpha value is -2.28. The molecule has 27 heavy (non-hydrogen) atoms. The molecule has 1 aliphatic rings. The van der Waals surface area contributed by atoms with E-state index in [1.807, 2.05) is 0 Å². The van der Waals surface area contributed by atoms with E-state index in [0.29, 0.717) is 5.92 Å². The highest BCUT2D eigenvalue weighted by Crippen LogP contribution is 2.49. The Bertz CT molecular complexity index is 1030. The van der Waals surface area contributed by atoms with E-state index in [-0.39, 0.29) is 11.0 Å². The van der Waals surface area contributed by atoms with Gasteiger partial charge in [0.05, 0.1) is 0 Å². The first-order valence-corrected chi connectivity index (χ1v) is 9.99. The molecule has 0 atom stereocenters. The predicted octanol–water partition coefficient (Wildman–Crippen LogP) is 7.56. The fraction of sp³-hybridized carbons (Fsp3) is 0.385. The second kappa shape index (κ2) is 5.86. The second-order valence-corrected chi connectivity index (χ2v) is 9.70. The summed E-state index contributed by atoms with van der Waals surface area (Å²) in [4.78, 5) is 0. The number of hydrogen-bond donors (Lipinski definition) is 0. The smallest absolute Gasteiger partial charge is 0.136 e. The Morgan fingerprint density at radius 2 is 1.56 bits per heavy atom. The first kappa shape index (κ1) is 18.1. The van der Waals surface area contributed by atoms with Crippen molar-refractivity contribution in [1.82, 2.24) is 0 Å². The topological polar surface area (TPSA) is 9.23 Å². The molecule has 140 valence electrons. The van der Waals surface area contributed by atoms with Crippen molar-refractivity contribution in [3.05, 3.63) is 65.2 Å². The Kier molecular flexibility index (Phi) is 3.93. The maximum atomic E-state index is 6.63. The summed E-state index contributed by atoms with van der Waals surface area (Å²) < 4.78 is 6.63. The summed E-state index contributed by atoms with van der Waals surface area (Å²) in [5.41, 5.74) is 6.27. The maximum Gasteiger partial charge on any atom is 0.136 e. The van der Waals surface area contributed by atoms with Gasteiger partial charge in [-0.3, -0.25) is 0 Å². The number of benzene rings is 3. The Labute approximate surface area is 163 Å². The van der Waals surface area contributed by atoms with Crippen molar-refractivity contribution in [3.63, 3.8) is 0 Å². The van der Waals surface area contributed by atoms with Crippen molar-refractivity contribution in [2.75, 3.05) is 0 Å². The molecule has 0 N–H and O–H groups in total. The Balaban J connectivity index is 1.96. The molecule has 0 saturated carbocycles. The van der Waals surface area contributed by atoms with Crippen molar-refractivity contribution < 1.29 is 4.74 Å². The molecular weight excluding hydrogens is 328 g/mol. The van der Waals surface area contributed by atoms with Crippen LogP contribution in [0.4, 0.5) is 0 Å². The molecule has 1 nitrogen and oxygen atoms in total. The summed E-state index contributed by atoms with van der Waals surface area (Å²) in [6.07, 6.45) is 0. The molecule has 0 spiro atoms. The largest absolute Gasteiger partial charge is 0.482 e. The van der Waals surface area contributed by atoms with E-state index in [2.05, 4.69) is 97.0 Å². The van der Waals surface area contributed by atoms with Gasteiger partial charge in [0.15, 0.2) is 0 Å². The minimum absolute atomic E-state index is 0.127. The van der Waals surface area contributed by atoms with Crippen LogP contribution < -0.4 is 4.74 Å². The van der Waals surface area contributed by atoms with Gasteiger partial charge in [0.2, 0.25) is 0 Å². The molecule has 4 rings (SSSR count). The molecule has 3 aromatic rings. The van der Waals surface area contributed by atoms with Gasteiger partial charge in [-0.25, -0.2) is 0 Å². The van der Waals surface area contributed by atoms with Gasteiger partial charge in [-0.15, -0.1) is 0 Å². The summed E-state index contributed by atoms with van der Waals surface area (Å²) in [5, 5.41) is 2.46. The lowest BCUT2D eigenvalue weighted by atomic mass is 9.79. The van der Waals surface area contributed by atoms with Crippen molar-refractivity contribution in [1.29, 1.82) is 0 Å². The van der Waals surface area contributed by atoms with Crippen LogP contribution in [0.5, 0.6) is 5.75 Å². The van der Waals surface area contributed by atoms with Crippen LogP contribution in [0.25, 0.3) is 21.9 Å². The van der Waals surface area contributed by atoms with Crippen LogP contribution in [0.1, 0.15) is 71.1 Å². The third kappa shape index (κ3) is 2.94. The standard InChI is InChI=1S/C26H30O/c1-16(2)17-8-11-20-18(14-17)9-12-22-21-13-10-19(25(3,4)5)15-23(21)26(6,7)27-24(20)22/h8-16H,1-7H3. The fourth-order valence-electron chi connectivity index (χ4n) is 4.05. The Morgan fingerprint density at radius 3 is 2.22 bits per heavy atom. The van der Waals surface area contributed by atoms with Crippen LogP contribution >= 0.6 is 0 Å². The van der Waals surface area contributed by atoms with E-state index < -0.39 is 0 Å². The van der Waals surface area contributed by atoms with Crippen molar-refractivity contribution in [2.24, 2.45) is 0 Å². The SMILES string of the molecule is CC(C)c1ccc2c3c(ccc2c1)-c1ccc(C(C)(C)C)cc1C(C)(C)O3. The summed E-state index contributed by atoms with van der Waals surface area (Å²) in [7, 11) is 0. The molecule has 1 aliphatic heterocycles. The highest BCUT2D eigenvalue weighted by Gasteiger charge is 2.34. The van der Waals surface area contributed by atoms with Gasteiger partial charge in [-0.2, -0.15) is 0 Å². The van der Waals surface area contributed by atoms with Crippen LogP contribution in [-0.4, -0.2) is 0 Å². The molecule has 1 heteroatoms. The van der Waals surface area contributed by atoms with Crippen LogP contribution in [0.2, 0.25) is 0 Å². The lowest BCUT2D eigenvalue weighted by Crippen LogP contribution is -2.30. The van der Waals surface area contributed by atoms with E-state index in [1.54, 1.807) is 0 Å². The minimum atomic E-state index is -0.353. The van der Waals surface area contributed by atoms with Crippen LogP contribution in [-0.2, 0) is 11.0 Å². The lowest BCUT2D eigenvalue weighted by molar-refractivity contribution is 0.108. The lowest BCUT2D eigenvalue weighted by Gasteiger charge is -2.37. The molecular formula is C26H30O. The normalized spacial score (nSPS) is 15.4. The summed E-state index contributed by atoms with van der Waals surface area (Å²) in [5.74, 6) is 1.54. The molecule has 0 fully saturated rings. The number of hydrogen-bond acceptors (Lipinski definition) is 1. The average Bonchev–Trinajstić information content (AvgIpc) is 2.59. The molecule has 0 aromatic heterocycles. The van der Waals surface area contributed by atoms with E-state index in [4.69, 9.17) is 4.74 Å². The van der Waals surface area contributed by atoms with Crippen LogP contribution in [0.3, 0.4) is 0 Å². The molecule has 0 saturated heterocycles. The summed E-state index contributed by atoms with van der Waals surface area (Å²) in [6, 6.07) is 18.1. The van der Waals surface area contributed by atoms with Gasteiger partial charge in [-0.05, 0) is 53.3 Å². The quantitative estimate of drug-likeness (QED) is 0.436. The van der Waals surface area contributed by atoms with Gasteiger partial charge >= 0.3 is 0 Å². The van der Waals surface area contributed by atoms with Gasteiger partial charge in [0, 0.05) is 16.5 Å². The Morgan fingerprint density at radius 1 is 0.852 bits per heavy atom. The third-order valence-electron chi connectivity index (χ3n) is 5.84. The highest BCUT2D eigenvalue weighted by atomic mass is 16.5. The van der Waals surface area contributed by atoms with Gasteiger partial charge in [0.25, 0.3) is 0 Å². The number of rotatable bonds is 1. The van der Waals surface area contributed by atoms with E-state index in [0.717, 1.165) is 5.75 Å². The first-order valence-electron chi connectivity index (χ1n) is 9.99. The van der Waals surface area contributed by atoms with Gasteiger partial charge in [-0.1, -0.05) is 77.1 Å². The van der Waals surface area contributed by atoms with Gasteiger partial charge in [0.1, 0.15) is 11.4 Å². The fourth-order valence-corrected chi connectivity index (χ4v) is 4.05. The molecule has 3 aromatic carbocycles. The summed E-state index contributed by atoms with van der Waals surface area (Å²) >= 11 is 0.